The maximum atomic E-state index is 12.9. The molecule has 0 spiro atoms. The second-order valence-corrected chi connectivity index (χ2v) is 7.20. The minimum absolute atomic E-state index is 0.231. The van der Waals surface area contributed by atoms with Gasteiger partial charge in [-0.15, -0.1) is 0 Å². The number of pyridine rings is 1. The highest BCUT2D eigenvalue weighted by molar-refractivity contribution is 5.85. The Labute approximate surface area is 177 Å². The van der Waals surface area contributed by atoms with Crippen LogP contribution in [0.4, 0.5) is 13.2 Å². The van der Waals surface area contributed by atoms with E-state index in [2.05, 4.69) is 9.88 Å². The topological polar surface area (TPSA) is 53.0 Å². The molecule has 2 aliphatic heterocycles. The summed E-state index contributed by atoms with van der Waals surface area (Å²) in [6.45, 7) is 4.55. The number of ether oxygens (including phenoxy) is 4. The van der Waals surface area contributed by atoms with Crippen LogP contribution in [0.3, 0.4) is 0 Å². The number of aromatic nitrogens is 1. The van der Waals surface area contributed by atoms with E-state index in [1.165, 1.54) is 12.3 Å². The van der Waals surface area contributed by atoms with Gasteiger partial charge in [0.15, 0.2) is 0 Å². The molecule has 4 rings (SSSR count). The number of benzene rings is 1. The van der Waals surface area contributed by atoms with Crippen molar-refractivity contribution < 1.29 is 32.1 Å². The van der Waals surface area contributed by atoms with Gasteiger partial charge in [0.1, 0.15) is 36.7 Å². The molecule has 0 amide bonds. The van der Waals surface area contributed by atoms with Crippen LogP contribution in [0.15, 0.2) is 54.3 Å². The average Bonchev–Trinajstić information content (AvgIpc) is 2.77. The first-order valence-corrected chi connectivity index (χ1v) is 10.1. The van der Waals surface area contributed by atoms with E-state index < -0.39 is 11.7 Å². The van der Waals surface area contributed by atoms with E-state index in [1.54, 1.807) is 12.3 Å². The van der Waals surface area contributed by atoms with Crippen molar-refractivity contribution in [2.75, 3.05) is 46.1 Å². The largest absolute Gasteiger partial charge is 0.491 e. The van der Waals surface area contributed by atoms with E-state index >= 15 is 0 Å². The average molecular weight is 436 g/mol. The molecule has 0 atom stereocenters. The lowest BCUT2D eigenvalue weighted by molar-refractivity contribution is -0.137. The van der Waals surface area contributed by atoms with Crippen LogP contribution in [-0.2, 0) is 20.4 Å². The number of fused-ring (bicyclic) bond motifs is 1. The SMILES string of the molecule is FC(F)(F)c1ccc2c(OCCOC3=COC(CN4CCOCC4)=CC3)ccnc2c1. The quantitative estimate of drug-likeness (QED) is 0.609. The van der Waals surface area contributed by atoms with E-state index in [0.717, 1.165) is 50.7 Å². The highest BCUT2D eigenvalue weighted by Crippen LogP contribution is 2.33. The van der Waals surface area contributed by atoms with Gasteiger partial charge in [-0.2, -0.15) is 13.2 Å². The van der Waals surface area contributed by atoms with E-state index in [-0.39, 0.29) is 18.7 Å². The summed E-state index contributed by atoms with van der Waals surface area (Å²) in [5, 5.41) is 0.520. The standard InChI is InChI=1S/C22H23F3N2O4/c23-22(24,25)16-1-4-19-20(13-16)26-6-5-21(19)30-12-11-29-18-3-2-17(31-15-18)14-27-7-9-28-10-8-27/h1-2,4-6,13,15H,3,7-12,14H2. The predicted octanol–water partition coefficient (Wildman–Crippen LogP) is 4.13. The predicted molar refractivity (Wildman–Crippen MR) is 107 cm³/mol. The molecule has 2 aliphatic rings. The maximum Gasteiger partial charge on any atom is 0.416 e. The molecule has 1 saturated heterocycles. The fraction of sp³-hybridized carbons (Fsp3) is 0.409. The van der Waals surface area contributed by atoms with Gasteiger partial charge in [-0.3, -0.25) is 9.88 Å². The highest BCUT2D eigenvalue weighted by atomic mass is 19.4. The maximum absolute atomic E-state index is 12.9. The number of alkyl halides is 3. The molecule has 6 nitrogen and oxygen atoms in total. The first-order valence-electron chi connectivity index (χ1n) is 10.1. The summed E-state index contributed by atoms with van der Waals surface area (Å²) in [5.74, 6) is 2.06. The zero-order valence-corrected chi connectivity index (χ0v) is 16.9. The first-order chi connectivity index (χ1) is 15.0. The molecule has 0 saturated carbocycles. The monoisotopic (exact) mass is 436 g/mol. The van der Waals surface area contributed by atoms with E-state index in [9.17, 15) is 13.2 Å². The van der Waals surface area contributed by atoms with Gasteiger partial charge in [-0.1, -0.05) is 0 Å². The Hall–Kier alpha value is -2.78. The zero-order valence-electron chi connectivity index (χ0n) is 16.9. The Kier molecular flexibility index (Phi) is 6.62. The molecule has 31 heavy (non-hydrogen) atoms. The lowest BCUT2D eigenvalue weighted by atomic mass is 10.1. The van der Waals surface area contributed by atoms with Crippen molar-refractivity contribution in [3.63, 3.8) is 0 Å². The fourth-order valence-electron chi connectivity index (χ4n) is 3.37. The summed E-state index contributed by atoms with van der Waals surface area (Å²) >= 11 is 0. The second-order valence-electron chi connectivity index (χ2n) is 7.20. The Morgan fingerprint density at radius 1 is 1.06 bits per heavy atom. The summed E-state index contributed by atoms with van der Waals surface area (Å²) in [5.41, 5.74) is -0.507. The molecular formula is C22H23F3N2O4. The van der Waals surface area contributed by atoms with E-state index in [4.69, 9.17) is 18.9 Å². The lowest BCUT2D eigenvalue weighted by Gasteiger charge is -2.27. The fourth-order valence-corrected chi connectivity index (χ4v) is 3.37. The minimum Gasteiger partial charge on any atom is -0.491 e. The number of morpholine rings is 1. The molecule has 166 valence electrons. The van der Waals surface area contributed by atoms with Crippen LogP contribution in [0.2, 0.25) is 0 Å². The molecule has 1 aromatic carbocycles. The van der Waals surface area contributed by atoms with Gasteiger partial charge in [0.2, 0.25) is 0 Å². The highest BCUT2D eigenvalue weighted by Gasteiger charge is 2.30. The first kappa shape index (κ1) is 21.5. The molecule has 0 radical (unpaired) electrons. The van der Waals surface area contributed by atoms with Gasteiger partial charge in [-0.25, -0.2) is 0 Å². The number of halogens is 3. The van der Waals surface area contributed by atoms with Crippen LogP contribution in [0.25, 0.3) is 10.9 Å². The molecule has 9 heteroatoms. The van der Waals surface area contributed by atoms with Crippen LogP contribution < -0.4 is 4.74 Å². The van der Waals surface area contributed by atoms with Gasteiger partial charge >= 0.3 is 6.18 Å². The van der Waals surface area contributed by atoms with Gasteiger partial charge in [0.05, 0.1) is 30.8 Å². The Balaban J connectivity index is 1.24. The van der Waals surface area contributed by atoms with Crippen LogP contribution in [-0.4, -0.2) is 55.9 Å². The third-order valence-electron chi connectivity index (χ3n) is 5.01. The smallest absolute Gasteiger partial charge is 0.416 e. The van der Waals surface area contributed by atoms with Crippen molar-refractivity contribution in [3.05, 3.63) is 59.9 Å². The van der Waals surface area contributed by atoms with Gasteiger partial charge in [0, 0.05) is 31.1 Å². The summed E-state index contributed by atoms with van der Waals surface area (Å²) in [4.78, 5) is 6.29. The van der Waals surface area contributed by atoms with Crippen molar-refractivity contribution in [2.24, 2.45) is 0 Å². The van der Waals surface area contributed by atoms with Crippen molar-refractivity contribution in [1.82, 2.24) is 9.88 Å². The van der Waals surface area contributed by atoms with Crippen molar-refractivity contribution in [2.45, 2.75) is 12.6 Å². The summed E-state index contributed by atoms with van der Waals surface area (Å²) in [6, 6.07) is 5.04. The lowest BCUT2D eigenvalue weighted by Crippen LogP contribution is -2.37. The normalized spacial score (nSPS) is 17.6. The molecule has 0 bridgehead atoms. The molecule has 0 unspecified atom stereocenters. The molecular weight excluding hydrogens is 413 g/mol. The number of nitrogens with zero attached hydrogens (tertiary/aromatic N) is 2. The number of allylic oxidation sites excluding steroid dienone is 1. The molecule has 3 heterocycles. The zero-order chi connectivity index (χ0) is 21.7. The minimum atomic E-state index is -4.41. The summed E-state index contributed by atoms with van der Waals surface area (Å²) in [6.07, 6.45) is 1.26. The number of rotatable bonds is 7. The van der Waals surface area contributed by atoms with Crippen molar-refractivity contribution in [3.8, 4) is 5.75 Å². The second kappa shape index (κ2) is 9.57. The molecule has 1 aromatic heterocycles. The van der Waals surface area contributed by atoms with Crippen molar-refractivity contribution in [1.29, 1.82) is 0 Å². The molecule has 1 fully saturated rings. The van der Waals surface area contributed by atoms with Crippen LogP contribution in [0, 0.1) is 0 Å². The summed E-state index contributed by atoms with van der Waals surface area (Å²) < 4.78 is 61.0. The third-order valence-corrected chi connectivity index (χ3v) is 5.01. The van der Waals surface area contributed by atoms with Gasteiger partial charge in [0.25, 0.3) is 0 Å². The van der Waals surface area contributed by atoms with E-state index in [1.807, 2.05) is 6.08 Å². The molecule has 0 aliphatic carbocycles. The Bertz CT molecular complexity index is 969. The Morgan fingerprint density at radius 3 is 2.61 bits per heavy atom. The number of hydrogen-bond donors (Lipinski definition) is 0. The van der Waals surface area contributed by atoms with Crippen LogP contribution in [0.5, 0.6) is 5.75 Å². The van der Waals surface area contributed by atoms with Crippen molar-refractivity contribution >= 4 is 10.9 Å². The molecule has 2 aromatic rings. The van der Waals surface area contributed by atoms with Crippen LogP contribution in [0.1, 0.15) is 12.0 Å². The van der Waals surface area contributed by atoms with E-state index in [0.29, 0.717) is 23.3 Å². The van der Waals surface area contributed by atoms with Gasteiger partial charge < -0.3 is 18.9 Å². The summed E-state index contributed by atoms with van der Waals surface area (Å²) in [7, 11) is 0. The molecule has 0 N–H and O–H groups in total. The van der Waals surface area contributed by atoms with Crippen LogP contribution >= 0.6 is 0 Å². The number of hydrogen-bond acceptors (Lipinski definition) is 6. The third kappa shape index (κ3) is 5.68. The van der Waals surface area contributed by atoms with Gasteiger partial charge in [-0.05, 0) is 30.3 Å². The Morgan fingerprint density at radius 2 is 1.87 bits per heavy atom.